The Bertz CT molecular complexity index is 482. The van der Waals surface area contributed by atoms with Crippen LogP contribution in [0.4, 0.5) is 0 Å². The Morgan fingerprint density at radius 2 is 2.24 bits per heavy atom. The van der Waals surface area contributed by atoms with Crippen molar-refractivity contribution >= 4 is 5.91 Å². The number of nitrogens with one attached hydrogen (secondary N) is 1. The van der Waals surface area contributed by atoms with Crippen LogP contribution in [-0.4, -0.2) is 59.0 Å². The summed E-state index contributed by atoms with van der Waals surface area (Å²) in [5, 5.41) is 7.35. The first-order valence-corrected chi connectivity index (χ1v) is 7.94. The smallest absolute Gasteiger partial charge is 0.269 e. The molecule has 2 aliphatic heterocycles. The summed E-state index contributed by atoms with van der Waals surface area (Å²) in [4.78, 5) is 14.9. The number of amides is 1. The molecule has 6 heteroatoms. The van der Waals surface area contributed by atoms with Gasteiger partial charge in [0.05, 0.1) is 25.3 Å². The molecule has 2 saturated heterocycles. The van der Waals surface area contributed by atoms with Crippen LogP contribution in [0.1, 0.15) is 36.7 Å². The third-order valence-electron chi connectivity index (χ3n) is 4.36. The second-order valence-corrected chi connectivity index (χ2v) is 5.87. The van der Waals surface area contributed by atoms with Crippen LogP contribution in [0.3, 0.4) is 0 Å². The van der Waals surface area contributed by atoms with E-state index in [4.69, 9.17) is 4.74 Å². The number of nitrogens with zero attached hydrogens (tertiary/aromatic N) is 3. The highest BCUT2D eigenvalue weighted by atomic mass is 16.5. The van der Waals surface area contributed by atoms with E-state index in [1.807, 2.05) is 0 Å². The second-order valence-electron chi connectivity index (χ2n) is 5.87. The lowest BCUT2D eigenvalue weighted by molar-refractivity contribution is 0.0905. The van der Waals surface area contributed by atoms with Crippen LogP contribution in [-0.2, 0) is 11.3 Å². The number of carbonyl (C=O) groups excluding carboxylic acids is 1. The van der Waals surface area contributed by atoms with E-state index in [-0.39, 0.29) is 11.9 Å². The molecule has 1 N–H and O–H groups in total. The van der Waals surface area contributed by atoms with Gasteiger partial charge in [-0.25, -0.2) is 0 Å². The molecule has 0 radical (unpaired) electrons. The van der Waals surface area contributed by atoms with Crippen LogP contribution in [0, 0.1) is 0 Å². The van der Waals surface area contributed by atoms with Gasteiger partial charge in [0.15, 0.2) is 0 Å². The van der Waals surface area contributed by atoms with Gasteiger partial charge in [0.1, 0.15) is 5.69 Å². The molecule has 1 aromatic heterocycles. The molecule has 3 rings (SSSR count). The van der Waals surface area contributed by atoms with Crippen molar-refractivity contribution in [2.24, 2.45) is 0 Å². The van der Waals surface area contributed by atoms with Crippen LogP contribution < -0.4 is 5.32 Å². The molecule has 0 aliphatic carbocycles. The number of hydrogen-bond acceptors (Lipinski definition) is 4. The van der Waals surface area contributed by atoms with Crippen LogP contribution in [0.15, 0.2) is 12.3 Å². The van der Waals surface area contributed by atoms with E-state index in [0.29, 0.717) is 18.3 Å². The Morgan fingerprint density at radius 3 is 3.00 bits per heavy atom. The van der Waals surface area contributed by atoms with Crippen LogP contribution in [0.2, 0.25) is 0 Å². The van der Waals surface area contributed by atoms with Gasteiger partial charge in [-0.1, -0.05) is 6.92 Å². The topological polar surface area (TPSA) is 59.4 Å². The Labute approximate surface area is 125 Å². The summed E-state index contributed by atoms with van der Waals surface area (Å²) in [5.74, 6) is -0.0411. The molecule has 2 atom stereocenters. The fourth-order valence-corrected chi connectivity index (χ4v) is 3.27. The third-order valence-corrected chi connectivity index (χ3v) is 4.36. The number of rotatable bonds is 5. The zero-order valence-electron chi connectivity index (χ0n) is 12.6. The highest BCUT2D eigenvalue weighted by Gasteiger charge is 2.35. The summed E-state index contributed by atoms with van der Waals surface area (Å²) in [6, 6.07) is 2.19. The van der Waals surface area contributed by atoms with Gasteiger partial charge in [-0.3, -0.25) is 14.4 Å². The van der Waals surface area contributed by atoms with Crippen molar-refractivity contribution in [3.63, 3.8) is 0 Å². The van der Waals surface area contributed by atoms with Gasteiger partial charge in [0.25, 0.3) is 5.91 Å². The molecule has 0 unspecified atom stereocenters. The molecular weight excluding hydrogens is 268 g/mol. The maximum absolute atomic E-state index is 12.5. The van der Waals surface area contributed by atoms with Gasteiger partial charge in [-0.15, -0.1) is 0 Å². The van der Waals surface area contributed by atoms with Crippen molar-refractivity contribution in [1.82, 2.24) is 20.0 Å². The van der Waals surface area contributed by atoms with Crippen LogP contribution in [0.5, 0.6) is 0 Å². The second kappa shape index (κ2) is 6.58. The van der Waals surface area contributed by atoms with E-state index in [1.54, 1.807) is 16.9 Å². The van der Waals surface area contributed by atoms with Crippen molar-refractivity contribution in [2.75, 3.05) is 26.3 Å². The molecule has 0 aromatic carbocycles. The number of likely N-dealkylation sites (tertiary alicyclic amines) is 1. The van der Waals surface area contributed by atoms with Gasteiger partial charge in [0, 0.05) is 12.7 Å². The molecule has 6 nitrogen and oxygen atoms in total. The molecular formula is C15H24N4O2. The lowest BCUT2D eigenvalue weighted by Crippen LogP contribution is -2.50. The quantitative estimate of drug-likeness (QED) is 0.875. The van der Waals surface area contributed by atoms with Crippen molar-refractivity contribution in [1.29, 1.82) is 0 Å². The maximum atomic E-state index is 12.5. The van der Waals surface area contributed by atoms with E-state index in [2.05, 4.69) is 22.2 Å². The highest BCUT2D eigenvalue weighted by molar-refractivity contribution is 5.92. The third kappa shape index (κ3) is 3.11. The van der Waals surface area contributed by atoms with Gasteiger partial charge in [-0.2, -0.15) is 5.10 Å². The molecule has 2 fully saturated rings. The summed E-state index contributed by atoms with van der Waals surface area (Å²) < 4.78 is 7.37. The molecule has 0 saturated carbocycles. The highest BCUT2D eigenvalue weighted by Crippen LogP contribution is 2.19. The average Bonchev–Trinajstić information content (AvgIpc) is 3.19. The maximum Gasteiger partial charge on any atom is 0.269 e. The first-order valence-electron chi connectivity index (χ1n) is 7.94. The van der Waals surface area contributed by atoms with E-state index in [0.717, 1.165) is 32.7 Å². The number of ether oxygens (including phenoxy) is 1. The van der Waals surface area contributed by atoms with Crippen molar-refractivity contribution < 1.29 is 9.53 Å². The van der Waals surface area contributed by atoms with E-state index in [9.17, 15) is 4.79 Å². The van der Waals surface area contributed by atoms with E-state index >= 15 is 0 Å². The standard InChI is InChI=1S/C15H24N4O2/c1-2-7-19-13(5-6-16-19)15(20)17-12-10-21-11-14(12)18-8-3-4-9-18/h5-6,12,14H,2-4,7-11H2,1H3,(H,17,20)/t12-,14-/m0/s1. The molecule has 21 heavy (non-hydrogen) atoms. The zero-order valence-corrected chi connectivity index (χ0v) is 12.6. The fourth-order valence-electron chi connectivity index (χ4n) is 3.27. The van der Waals surface area contributed by atoms with Crippen LogP contribution in [0.25, 0.3) is 0 Å². The Balaban J connectivity index is 1.64. The first kappa shape index (κ1) is 14.5. The number of aromatic nitrogens is 2. The molecule has 0 bridgehead atoms. The number of aryl methyl sites for hydroxylation is 1. The predicted molar refractivity (Wildman–Crippen MR) is 79.2 cm³/mol. The molecule has 1 amide bonds. The summed E-state index contributed by atoms with van der Waals surface area (Å²) in [7, 11) is 0. The SMILES string of the molecule is CCCn1nccc1C(=O)N[C@H]1COC[C@@H]1N1CCCC1. The lowest BCUT2D eigenvalue weighted by atomic mass is 10.1. The van der Waals surface area contributed by atoms with E-state index in [1.165, 1.54) is 12.8 Å². The van der Waals surface area contributed by atoms with Gasteiger partial charge in [-0.05, 0) is 38.4 Å². The van der Waals surface area contributed by atoms with Crippen molar-refractivity contribution in [3.05, 3.63) is 18.0 Å². The van der Waals surface area contributed by atoms with Crippen molar-refractivity contribution in [3.8, 4) is 0 Å². The summed E-state index contributed by atoms with van der Waals surface area (Å²) in [6.07, 6.45) is 5.15. The fraction of sp³-hybridized carbons (Fsp3) is 0.733. The number of hydrogen-bond donors (Lipinski definition) is 1. The minimum atomic E-state index is -0.0411. The first-order chi connectivity index (χ1) is 10.3. The Kier molecular flexibility index (Phi) is 4.55. The Morgan fingerprint density at radius 1 is 1.43 bits per heavy atom. The molecule has 2 aliphatic rings. The zero-order chi connectivity index (χ0) is 14.7. The van der Waals surface area contributed by atoms with Gasteiger partial charge < -0.3 is 10.1 Å². The summed E-state index contributed by atoms with van der Waals surface area (Å²) in [5.41, 5.74) is 0.643. The monoisotopic (exact) mass is 292 g/mol. The van der Waals surface area contributed by atoms with Gasteiger partial charge in [0.2, 0.25) is 0 Å². The minimum Gasteiger partial charge on any atom is -0.378 e. The van der Waals surface area contributed by atoms with Crippen LogP contribution >= 0.6 is 0 Å². The molecule has 0 spiro atoms. The summed E-state index contributed by atoms with van der Waals surface area (Å²) in [6.45, 7) is 6.42. The molecule has 1 aromatic rings. The normalized spacial score (nSPS) is 26.3. The average molecular weight is 292 g/mol. The number of carbonyl (C=O) groups is 1. The lowest BCUT2D eigenvalue weighted by Gasteiger charge is -2.27. The minimum absolute atomic E-state index is 0.0411. The van der Waals surface area contributed by atoms with Crippen molar-refractivity contribution in [2.45, 2.75) is 44.8 Å². The molecule has 116 valence electrons. The Hall–Kier alpha value is -1.40. The van der Waals surface area contributed by atoms with E-state index < -0.39 is 0 Å². The largest absolute Gasteiger partial charge is 0.378 e. The molecule has 3 heterocycles. The van der Waals surface area contributed by atoms with Gasteiger partial charge >= 0.3 is 0 Å². The predicted octanol–water partition coefficient (Wildman–Crippen LogP) is 0.886. The summed E-state index contributed by atoms with van der Waals surface area (Å²) >= 11 is 0.